The molecule has 27 heavy (non-hydrogen) atoms. The first-order chi connectivity index (χ1) is 12.9. The van der Waals surface area contributed by atoms with Gasteiger partial charge in [0.15, 0.2) is 11.5 Å². The van der Waals surface area contributed by atoms with Gasteiger partial charge in [-0.1, -0.05) is 0 Å². The van der Waals surface area contributed by atoms with Crippen molar-refractivity contribution in [1.82, 2.24) is 4.98 Å². The molecule has 2 heterocycles. The number of nitrogens with one attached hydrogen (secondary N) is 1. The summed E-state index contributed by atoms with van der Waals surface area (Å²) < 4.78 is 22.1. The lowest BCUT2D eigenvalue weighted by Crippen LogP contribution is -2.22. The summed E-state index contributed by atoms with van der Waals surface area (Å²) in [6, 6.07) is 8.62. The Morgan fingerprint density at radius 3 is 2.59 bits per heavy atom. The molecule has 1 N–H and O–H groups in total. The van der Waals surface area contributed by atoms with E-state index >= 15 is 0 Å². The summed E-state index contributed by atoms with van der Waals surface area (Å²) in [6.07, 6.45) is 1.48. The summed E-state index contributed by atoms with van der Waals surface area (Å²) in [7, 11) is 0. The lowest BCUT2D eigenvalue weighted by Gasteiger charge is -2.19. The molecule has 0 radical (unpaired) electrons. The maximum atomic E-state index is 12.4. The maximum Gasteiger partial charge on any atom is 0.257 e. The quantitative estimate of drug-likeness (QED) is 0.784. The van der Waals surface area contributed by atoms with Gasteiger partial charge < -0.3 is 24.3 Å². The second-order valence-electron chi connectivity index (χ2n) is 7.01. The predicted molar refractivity (Wildman–Crippen MR) is 101 cm³/mol. The van der Waals surface area contributed by atoms with Crippen LogP contribution in [0.25, 0.3) is 0 Å². The maximum absolute atomic E-state index is 12.4. The molecule has 0 fully saturated rings. The molecule has 0 spiro atoms. The van der Waals surface area contributed by atoms with Gasteiger partial charge in [-0.3, -0.25) is 4.79 Å². The standard InChI is InChI=1S/C20H24N2O5/c1-20(2,3)27-11-10-26-18-7-4-14(13-21-18)19(23)22-15-5-6-16-17(12-15)25-9-8-24-16/h4-7,12-13H,8-11H2,1-3H3,(H,22,23). The van der Waals surface area contributed by atoms with Crippen molar-refractivity contribution < 1.29 is 23.7 Å². The van der Waals surface area contributed by atoms with Gasteiger partial charge in [-0.2, -0.15) is 0 Å². The van der Waals surface area contributed by atoms with Gasteiger partial charge in [0, 0.05) is 24.0 Å². The van der Waals surface area contributed by atoms with Crippen LogP contribution >= 0.6 is 0 Å². The minimum atomic E-state index is -0.262. The van der Waals surface area contributed by atoms with E-state index < -0.39 is 0 Å². The van der Waals surface area contributed by atoms with Crippen LogP contribution in [-0.4, -0.2) is 42.9 Å². The van der Waals surface area contributed by atoms with E-state index in [1.54, 1.807) is 30.3 Å². The average Bonchev–Trinajstić information content (AvgIpc) is 2.65. The highest BCUT2D eigenvalue weighted by molar-refractivity contribution is 6.04. The van der Waals surface area contributed by atoms with E-state index in [1.807, 2.05) is 20.8 Å². The average molecular weight is 372 g/mol. The number of aromatic nitrogens is 1. The Bertz CT molecular complexity index is 784. The number of rotatable bonds is 6. The van der Waals surface area contributed by atoms with Gasteiger partial charge in [-0.15, -0.1) is 0 Å². The Hall–Kier alpha value is -2.80. The molecule has 2 aromatic rings. The fraction of sp³-hybridized carbons (Fsp3) is 0.400. The minimum absolute atomic E-state index is 0.202. The Kier molecular flexibility index (Phi) is 5.81. The molecule has 1 aliphatic heterocycles. The number of hydrogen-bond donors (Lipinski definition) is 1. The van der Waals surface area contributed by atoms with Crippen molar-refractivity contribution in [2.75, 3.05) is 31.7 Å². The number of nitrogens with zero attached hydrogens (tertiary/aromatic N) is 1. The van der Waals surface area contributed by atoms with Gasteiger partial charge in [0.05, 0.1) is 17.8 Å². The number of carbonyl (C=O) groups is 1. The van der Waals surface area contributed by atoms with Gasteiger partial charge in [0.2, 0.25) is 5.88 Å². The van der Waals surface area contributed by atoms with Crippen molar-refractivity contribution >= 4 is 11.6 Å². The number of carbonyl (C=O) groups excluding carboxylic acids is 1. The number of benzene rings is 1. The second-order valence-corrected chi connectivity index (χ2v) is 7.01. The normalized spacial score (nSPS) is 13.1. The molecule has 0 atom stereocenters. The number of ether oxygens (including phenoxy) is 4. The zero-order valence-electron chi connectivity index (χ0n) is 15.8. The van der Waals surface area contributed by atoms with Gasteiger partial charge in [0.25, 0.3) is 5.91 Å². The van der Waals surface area contributed by atoms with E-state index in [9.17, 15) is 4.79 Å². The Balaban J connectivity index is 1.53. The molecule has 1 amide bonds. The van der Waals surface area contributed by atoms with Gasteiger partial charge in [-0.25, -0.2) is 4.98 Å². The minimum Gasteiger partial charge on any atom is -0.486 e. The number of pyridine rings is 1. The Morgan fingerprint density at radius 1 is 1.11 bits per heavy atom. The molecule has 144 valence electrons. The fourth-order valence-corrected chi connectivity index (χ4v) is 2.42. The zero-order valence-corrected chi connectivity index (χ0v) is 15.8. The third-order valence-corrected chi connectivity index (χ3v) is 3.67. The van der Waals surface area contributed by atoms with E-state index in [0.717, 1.165) is 0 Å². The SMILES string of the molecule is CC(C)(C)OCCOc1ccc(C(=O)Nc2ccc3c(c2)OCCO3)cn1. The molecule has 7 nitrogen and oxygen atoms in total. The summed E-state index contributed by atoms with van der Waals surface area (Å²) in [5.74, 6) is 1.49. The molecule has 0 bridgehead atoms. The third kappa shape index (κ3) is 5.59. The first-order valence-corrected chi connectivity index (χ1v) is 8.84. The highest BCUT2D eigenvalue weighted by atomic mass is 16.6. The molecule has 0 unspecified atom stereocenters. The summed E-state index contributed by atoms with van der Waals surface area (Å²) in [4.78, 5) is 16.5. The predicted octanol–water partition coefficient (Wildman–Crippen LogP) is 3.30. The third-order valence-electron chi connectivity index (χ3n) is 3.67. The van der Waals surface area contributed by atoms with Crippen molar-refractivity contribution in [3.8, 4) is 17.4 Å². The van der Waals surface area contributed by atoms with Crippen molar-refractivity contribution in [2.45, 2.75) is 26.4 Å². The van der Waals surface area contributed by atoms with Crippen molar-refractivity contribution in [3.05, 3.63) is 42.1 Å². The molecule has 1 aromatic heterocycles. The van der Waals surface area contributed by atoms with Crippen molar-refractivity contribution in [2.24, 2.45) is 0 Å². The van der Waals surface area contributed by atoms with Crippen LogP contribution in [0.2, 0.25) is 0 Å². The molecule has 1 aliphatic rings. The van der Waals surface area contributed by atoms with Gasteiger partial charge in [-0.05, 0) is 39.0 Å². The Labute approximate surface area is 158 Å². The highest BCUT2D eigenvalue weighted by Crippen LogP contribution is 2.32. The monoisotopic (exact) mass is 372 g/mol. The molecule has 0 aliphatic carbocycles. The van der Waals surface area contributed by atoms with E-state index in [2.05, 4.69) is 10.3 Å². The lowest BCUT2D eigenvalue weighted by molar-refractivity contribution is -0.0168. The van der Waals surface area contributed by atoms with Crippen LogP contribution in [0.15, 0.2) is 36.5 Å². The Morgan fingerprint density at radius 2 is 1.89 bits per heavy atom. The highest BCUT2D eigenvalue weighted by Gasteiger charge is 2.14. The first kappa shape index (κ1) is 19.0. The van der Waals surface area contributed by atoms with E-state index in [0.29, 0.717) is 55.1 Å². The number of anilines is 1. The number of fused-ring (bicyclic) bond motifs is 1. The molecule has 7 heteroatoms. The van der Waals surface area contributed by atoms with Crippen LogP contribution in [0.1, 0.15) is 31.1 Å². The smallest absolute Gasteiger partial charge is 0.257 e. The van der Waals surface area contributed by atoms with Gasteiger partial charge in [0.1, 0.15) is 19.8 Å². The largest absolute Gasteiger partial charge is 0.486 e. The van der Waals surface area contributed by atoms with Crippen LogP contribution in [-0.2, 0) is 4.74 Å². The molecular weight excluding hydrogens is 348 g/mol. The van der Waals surface area contributed by atoms with Gasteiger partial charge >= 0.3 is 0 Å². The van der Waals surface area contributed by atoms with Crippen LogP contribution in [0.4, 0.5) is 5.69 Å². The zero-order chi connectivity index (χ0) is 19.3. The first-order valence-electron chi connectivity index (χ1n) is 8.84. The molecular formula is C20H24N2O5. The number of amides is 1. The number of hydrogen-bond acceptors (Lipinski definition) is 6. The van der Waals surface area contributed by atoms with Crippen molar-refractivity contribution in [3.63, 3.8) is 0 Å². The summed E-state index contributed by atoms with van der Waals surface area (Å²) in [6.45, 7) is 7.85. The molecule has 0 saturated carbocycles. The van der Waals surface area contributed by atoms with Crippen LogP contribution < -0.4 is 19.5 Å². The molecule has 1 aromatic carbocycles. The van der Waals surface area contributed by atoms with Crippen LogP contribution in [0.5, 0.6) is 17.4 Å². The van der Waals surface area contributed by atoms with Crippen LogP contribution in [0, 0.1) is 0 Å². The summed E-state index contributed by atoms with van der Waals surface area (Å²) in [5, 5.41) is 2.82. The van der Waals surface area contributed by atoms with E-state index in [4.69, 9.17) is 18.9 Å². The molecule has 0 saturated heterocycles. The topological polar surface area (TPSA) is 78.9 Å². The summed E-state index contributed by atoms with van der Waals surface area (Å²) >= 11 is 0. The van der Waals surface area contributed by atoms with E-state index in [-0.39, 0.29) is 11.5 Å². The summed E-state index contributed by atoms with van der Waals surface area (Å²) in [5.41, 5.74) is 0.860. The lowest BCUT2D eigenvalue weighted by atomic mass is 10.2. The van der Waals surface area contributed by atoms with Crippen LogP contribution in [0.3, 0.4) is 0 Å². The molecule has 3 rings (SSSR count). The second kappa shape index (κ2) is 8.26. The fourth-order valence-electron chi connectivity index (χ4n) is 2.42. The van der Waals surface area contributed by atoms with Crippen molar-refractivity contribution in [1.29, 1.82) is 0 Å². The van der Waals surface area contributed by atoms with E-state index in [1.165, 1.54) is 6.20 Å².